The molecule has 2 N–H and O–H groups in total. The number of hydrogen-bond acceptors (Lipinski definition) is 6. The van der Waals surface area contributed by atoms with Crippen LogP contribution < -0.4 is 20.1 Å². The van der Waals surface area contributed by atoms with Gasteiger partial charge in [0.1, 0.15) is 11.5 Å². The van der Waals surface area contributed by atoms with E-state index in [0.29, 0.717) is 5.75 Å². The molecule has 0 atom stereocenters. The summed E-state index contributed by atoms with van der Waals surface area (Å²) in [7, 11) is 2.89. The van der Waals surface area contributed by atoms with E-state index in [2.05, 4.69) is 10.6 Å². The number of hydrogen-bond donors (Lipinski definition) is 2. The summed E-state index contributed by atoms with van der Waals surface area (Å²) in [5, 5.41) is 15.6. The molecule has 0 aliphatic heterocycles. The molecule has 0 bridgehead atoms. The van der Waals surface area contributed by atoms with Crippen LogP contribution in [0.1, 0.15) is 5.56 Å². The molecule has 2 aromatic rings. The molecule has 136 valence electrons. The second kappa shape index (κ2) is 8.47. The van der Waals surface area contributed by atoms with E-state index in [4.69, 9.17) is 9.47 Å². The lowest BCUT2D eigenvalue weighted by Crippen LogP contribution is -2.35. The number of nitrogens with one attached hydrogen (secondary N) is 2. The number of carbonyl (C=O) groups excluding carboxylic acids is 2. The molecular weight excluding hydrogens is 342 g/mol. The maximum Gasteiger partial charge on any atom is 0.313 e. The lowest BCUT2D eigenvalue weighted by atomic mass is 10.2. The van der Waals surface area contributed by atoms with E-state index in [-0.39, 0.29) is 23.7 Å². The average Bonchev–Trinajstić information content (AvgIpc) is 2.66. The quantitative estimate of drug-likeness (QED) is 0.461. The molecule has 9 heteroatoms. The Hall–Kier alpha value is -3.62. The van der Waals surface area contributed by atoms with Gasteiger partial charge in [-0.25, -0.2) is 0 Å². The fourth-order valence-electron chi connectivity index (χ4n) is 2.09. The SMILES string of the molecule is COc1ccc(CNC(=O)C(=O)Nc2cc([N+](=O)[O-])ccc2OC)cc1. The van der Waals surface area contributed by atoms with Gasteiger partial charge < -0.3 is 20.1 Å². The average molecular weight is 359 g/mol. The Morgan fingerprint density at radius 3 is 2.31 bits per heavy atom. The number of nitrogens with zero attached hydrogens (tertiary/aromatic N) is 1. The monoisotopic (exact) mass is 359 g/mol. The molecule has 26 heavy (non-hydrogen) atoms. The first kappa shape index (κ1) is 18.7. The van der Waals surface area contributed by atoms with Gasteiger partial charge in [-0.1, -0.05) is 12.1 Å². The number of nitro benzene ring substituents is 1. The Morgan fingerprint density at radius 2 is 1.73 bits per heavy atom. The van der Waals surface area contributed by atoms with Gasteiger partial charge in [0.25, 0.3) is 5.69 Å². The van der Waals surface area contributed by atoms with Gasteiger partial charge in [-0.05, 0) is 23.8 Å². The first-order valence-electron chi connectivity index (χ1n) is 7.49. The standard InChI is InChI=1S/C17H17N3O6/c1-25-13-6-3-11(4-7-13)10-18-16(21)17(22)19-14-9-12(20(23)24)5-8-15(14)26-2/h3-9H,10H2,1-2H3,(H,18,21)(H,19,22). The molecule has 0 radical (unpaired) electrons. The number of ether oxygens (including phenoxy) is 2. The number of methoxy groups -OCH3 is 2. The van der Waals surface area contributed by atoms with Crippen molar-refractivity contribution in [3.63, 3.8) is 0 Å². The molecule has 0 fully saturated rings. The molecule has 0 saturated heterocycles. The van der Waals surface area contributed by atoms with Gasteiger partial charge in [0.2, 0.25) is 0 Å². The molecule has 9 nitrogen and oxygen atoms in total. The summed E-state index contributed by atoms with van der Waals surface area (Å²) in [6.45, 7) is 0.141. The van der Waals surface area contributed by atoms with Gasteiger partial charge in [0.05, 0.1) is 24.8 Å². The first-order chi connectivity index (χ1) is 12.4. The van der Waals surface area contributed by atoms with E-state index in [1.54, 1.807) is 31.4 Å². The Bertz CT molecular complexity index is 820. The van der Waals surface area contributed by atoms with Crippen LogP contribution in [0.4, 0.5) is 11.4 Å². The minimum Gasteiger partial charge on any atom is -0.497 e. The third kappa shape index (κ3) is 4.69. The minimum atomic E-state index is -0.961. The van der Waals surface area contributed by atoms with Crippen molar-refractivity contribution >= 4 is 23.2 Å². The van der Waals surface area contributed by atoms with Gasteiger partial charge in [-0.3, -0.25) is 19.7 Å². The second-order valence-corrected chi connectivity index (χ2v) is 5.13. The van der Waals surface area contributed by atoms with Crippen molar-refractivity contribution in [1.82, 2.24) is 5.32 Å². The zero-order valence-electron chi connectivity index (χ0n) is 14.1. The van der Waals surface area contributed by atoms with Gasteiger partial charge in [0, 0.05) is 18.7 Å². The van der Waals surface area contributed by atoms with E-state index in [1.807, 2.05) is 0 Å². The van der Waals surface area contributed by atoms with E-state index < -0.39 is 16.7 Å². The van der Waals surface area contributed by atoms with E-state index in [0.717, 1.165) is 11.6 Å². The van der Waals surface area contributed by atoms with Gasteiger partial charge in [0.15, 0.2) is 0 Å². The topological polar surface area (TPSA) is 120 Å². The fourth-order valence-corrected chi connectivity index (χ4v) is 2.09. The molecule has 0 heterocycles. The highest BCUT2D eigenvalue weighted by atomic mass is 16.6. The van der Waals surface area contributed by atoms with Crippen molar-refractivity contribution in [2.24, 2.45) is 0 Å². The predicted molar refractivity (Wildman–Crippen MR) is 93.1 cm³/mol. The summed E-state index contributed by atoms with van der Waals surface area (Å²) < 4.78 is 10.1. The highest BCUT2D eigenvalue weighted by Crippen LogP contribution is 2.28. The van der Waals surface area contributed by atoms with Crippen LogP contribution in [-0.4, -0.2) is 31.0 Å². The van der Waals surface area contributed by atoms with Crippen LogP contribution in [0.5, 0.6) is 11.5 Å². The van der Waals surface area contributed by atoms with Crippen molar-refractivity contribution in [3.05, 3.63) is 58.1 Å². The van der Waals surface area contributed by atoms with Crippen LogP contribution >= 0.6 is 0 Å². The van der Waals surface area contributed by atoms with Crippen molar-refractivity contribution in [2.75, 3.05) is 19.5 Å². The number of amides is 2. The lowest BCUT2D eigenvalue weighted by Gasteiger charge is -2.10. The van der Waals surface area contributed by atoms with Gasteiger partial charge >= 0.3 is 11.8 Å². The zero-order valence-corrected chi connectivity index (χ0v) is 14.1. The molecule has 2 amide bonds. The molecule has 0 aromatic heterocycles. The Kier molecular flexibility index (Phi) is 6.10. The van der Waals surface area contributed by atoms with Crippen molar-refractivity contribution in [2.45, 2.75) is 6.54 Å². The smallest absolute Gasteiger partial charge is 0.313 e. The third-order valence-corrected chi connectivity index (χ3v) is 3.46. The predicted octanol–water partition coefficient (Wildman–Crippen LogP) is 1.87. The summed E-state index contributed by atoms with van der Waals surface area (Å²) in [5.74, 6) is -0.964. The third-order valence-electron chi connectivity index (χ3n) is 3.46. The minimum absolute atomic E-state index is 0.0336. The number of non-ortho nitro benzene ring substituents is 1. The number of rotatable bonds is 6. The summed E-state index contributed by atoms with van der Waals surface area (Å²) >= 11 is 0. The summed E-state index contributed by atoms with van der Waals surface area (Å²) in [5.41, 5.74) is 0.575. The summed E-state index contributed by atoms with van der Waals surface area (Å²) in [6, 6.07) is 10.7. The molecule has 0 aliphatic carbocycles. The van der Waals surface area contributed by atoms with Crippen LogP contribution in [0.3, 0.4) is 0 Å². The van der Waals surface area contributed by atoms with Crippen LogP contribution in [0.25, 0.3) is 0 Å². The van der Waals surface area contributed by atoms with Crippen LogP contribution in [0.15, 0.2) is 42.5 Å². The largest absolute Gasteiger partial charge is 0.497 e. The van der Waals surface area contributed by atoms with Crippen LogP contribution in [0.2, 0.25) is 0 Å². The van der Waals surface area contributed by atoms with Crippen molar-refractivity contribution < 1.29 is 24.0 Å². The summed E-state index contributed by atoms with van der Waals surface area (Å²) in [6.07, 6.45) is 0. The molecule has 0 spiro atoms. The number of carbonyl (C=O) groups is 2. The Labute approximate surface area is 149 Å². The molecule has 2 rings (SSSR count). The Balaban J connectivity index is 2.01. The highest BCUT2D eigenvalue weighted by Gasteiger charge is 2.18. The first-order valence-corrected chi connectivity index (χ1v) is 7.49. The number of anilines is 1. The van der Waals surface area contributed by atoms with Gasteiger partial charge in [-0.15, -0.1) is 0 Å². The van der Waals surface area contributed by atoms with Gasteiger partial charge in [-0.2, -0.15) is 0 Å². The second-order valence-electron chi connectivity index (χ2n) is 5.13. The van der Waals surface area contributed by atoms with E-state index in [9.17, 15) is 19.7 Å². The highest BCUT2D eigenvalue weighted by molar-refractivity contribution is 6.39. The molecule has 0 saturated carbocycles. The zero-order chi connectivity index (χ0) is 19.1. The van der Waals surface area contributed by atoms with Crippen LogP contribution in [-0.2, 0) is 16.1 Å². The van der Waals surface area contributed by atoms with E-state index in [1.165, 1.54) is 19.2 Å². The maximum atomic E-state index is 12.0. The Morgan fingerprint density at radius 1 is 1.04 bits per heavy atom. The van der Waals surface area contributed by atoms with Crippen LogP contribution in [0, 0.1) is 10.1 Å². The number of nitro groups is 1. The maximum absolute atomic E-state index is 12.0. The van der Waals surface area contributed by atoms with E-state index >= 15 is 0 Å². The fraction of sp³-hybridized carbons (Fsp3) is 0.176. The summed E-state index contributed by atoms with van der Waals surface area (Å²) in [4.78, 5) is 34.2. The molecule has 2 aromatic carbocycles. The van der Waals surface area contributed by atoms with Crippen molar-refractivity contribution in [3.8, 4) is 11.5 Å². The molecule has 0 unspecified atom stereocenters. The molecule has 0 aliphatic rings. The molecular formula is C17H17N3O6. The number of benzene rings is 2. The lowest BCUT2D eigenvalue weighted by molar-refractivity contribution is -0.384. The normalized spacial score (nSPS) is 9.92. The van der Waals surface area contributed by atoms with Crippen molar-refractivity contribution in [1.29, 1.82) is 0 Å².